The minimum Gasteiger partial charge on any atom is -0.376 e. The molecule has 0 atom stereocenters. The second-order valence-electron chi connectivity index (χ2n) is 3.41. The third kappa shape index (κ3) is 4.06. The molecule has 86 valence electrons. The van der Waals surface area contributed by atoms with Crippen molar-refractivity contribution in [2.75, 3.05) is 18.4 Å². The van der Waals surface area contributed by atoms with E-state index in [2.05, 4.69) is 33.1 Å². The largest absolute Gasteiger partial charge is 0.376 e. The first-order valence-electron chi connectivity index (χ1n) is 5.01. The van der Waals surface area contributed by atoms with Crippen LogP contribution < -0.4 is 10.6 Å². The Bertz CT molecular complexity index is 391. The van der Waals surface area contributed by atoms with Gasteiger partial charge in [-0.05, 0) is 30.7 Å². The Morgan fingerprint density at radius 2 is 2.31 bits per heavy atom. The highest BCUT2D eigenvalue weighted by molar-refractivity contribution is 9.10. The Morgan fingerprint density at radius 1 is 1.56 bits per heavy atom. The van der Waals surface area contributed by atoms with Gasteiger partial charge in [-0.15, -0.1) is 6.58 Å². The van der Waals surface area contributed by atoms with Crippen LogP contribution in [0.2, 0.25) is 0 Å². The summed E-state index contributed by atoms with van der Waals surface area (Å²) in [6, 6.07) is 5.89. The molecule has 0 radical (unpaired) electrons. The number of nitrogens with one attached hydrogen (secondary N) is 2. The van der Waals surface area contributed by atoms with Crippen molar-refractivity contribution in [1.29, 1.82) is 0 Å². The summed E-state index contributed by atoms with van der Waals surface area (Å²) in [6.07, 6.45) is 1.66. The second-order valence-corrected chi connectivity index (χ2v) is 4.32. The molecule has 0 aliphatic heterocycles. The summed E-state index contributed by atoms with van der Waals surface area (Å²) in [5.41, 5.74) is 2.07. The molecule has 4 heteroatoms. The van der Waals surface area contributed by atoms with Gasteiger partial charge in [-0.2, -0.15) is 0 Å². The lowest BCUT2D eigenvalue weighted by atomic mass is 10.2. The zero-order valence-corrected chi connectivity index (χ0v) is 10.8. The number of halogens is 1. The zero-order valence-electron chi connectivity index (χ0n) is 9.22. The average molecular weight is 283 g/mol. The van der Waals surface area contributed by atoms with Gasteiger partial charge in [0.25, 0.3) is 0 Å². The Balaban J connectivity index is 2.48. The Kier molecular flexibility index (Phi) is 5.05. The molecule has 1 rings (SSSR count). The first kappa shape index (κ1) is 12.8. The van der Waals surface area contributed by atoms with Gasteiger partial charge < -0.3 is 10.6 Å². The number of amides is 1. The zero-order chi connectivity index (χ0) is 12.0. The minimum atomic E-state index is -0.0396. The topological polar surface area (TPSA) is 41.1 Å². The van der Waals surface area contributed by atoms with Crippen LogP contribution in [-0.4, -0.2) is 19.0 Å². The van der Waals surface area contributed by atoms with Crippen molar-refractivity contribution in [2.45, 2.75) is 6.92 Å². The van der Waals surface area contributed by atoms with Gasteiger partial charge in [-0.25, -0.2) is 0 Å². The van der Waals surface area contributed by atoms with Crippen molar-refractivity contribution in [1.82, 2.24) is 5.32 Å². The fraction of sp³-hybridized carbons (Fsp3) is 0.250. The van der Waals surface area contributed by atoms with Crippen LogP contribution in [0, 0.1) is 6.92 Å². The van der Waals surface area contributed by atoms with Crippen molar-refractivity contribution in [3.8, 4) is 0 Å². The Hall–Kier alpha value is -1.29. The summed E-state index contributed by atoms with van der Waals surface area (Å²) in [5, 5.41) is 5.79. The van der Waals surface area contributed by atoms with E-state index in [1.54, 1.807) is 6.08 Å². The average Bonchev–Trinajstić information content (AvgIpc) is 2.25. The molecule has 0 aliphatic carbocycles. The van der Waals surface area contributed by atoms with Gasteiger partial charge in [-0.3, -0.25) is 4.79 Å². The number of anilines is 1. The van der Waals surface area contributed by atoms with Crippen molar-refractivity contribution < 1.29 is 4.79 Å². The standard InChI is InChI=1S/C12H15BrN2O/c1-3-6-14-12(16)8-15-11-5-4-10(13)7-9(11)2/h3-5,7,15H,1,6,8H2,2H3,(H,14,16). The molecule has 0 aliphatic rings. The number of hydrogen-bond acceptors (Lipinski definition) is 2. The van der Waals surface area contributed by atoms with Crippen molar-refractivity contribution >= 4 is 27.5 Å². The predicted molar refractivity (Wildman–Crippen MR) is 70.6 cm³/mol. The van der Waals surface area contributed by atoms with Crippen LogP contribution >= 0.6 is 15.9 Å². The number of benzene rings is 1. The lowest BCUT2D eigenvalue weighted by Gasteiger charge is -2.09. The van der Waals surface area contributed by atoms with E-state index in [1.165, 1.54) is 0 Å². The molecule has 0 unspecified atom stereocenters. The highest BCUT2D eigenvalue weighted by Crippen LogP contribution is 2.19. The van der Waals surface area contributed by atoms with Gasteiger partial charge in [0.05, 0.1) is 6.54 Å². The number of carbonyl (C=O) groups excluding carboxylic acids is 1. The maximum atomic E-state index is 11.3. The molecule has 3 nitrogen and oxygen atoms in total. The maximum Gasteiger partial charge on any atom is 0.239 e. The normalized spacial score (nSPS) is 9.62. The first-order valence-corrected chi connectivity index (χ1v) is 5.80. The molecule has 1 amide bonds. The third-order valence-corrected chi connectivity index (χ3v) is 2.56. The quantitative estimate of drug-likeness (QED) is 0.815. The van der Waals surface area contributed by atoms with E-state index < -0.39 is 0 Å². The lowest BCUT2D eigenvalue weighted by Crippen LogP contribution is -2.29. The molecule has 1 aromatic rings. The minimum absolute atomic E-state index is 0.0396. The summed E-state index contributed by atoms with van der Waals surface area (Å²) in [7, 11) is 0. The van der Waals surface area contributed by atoms with Crippen LogP contribution in [0.5, 0.6) is 0 Å². The molecule has 0 spiro atoms. The highest BCUT2D eigenvalue weighted by Gasteiger charge is 2.01. The molecular weight excluding hydrogens is 268 g/mol. The van der Waals surface area contributed by atoms with Crippen molar-refractivity contribution in [2.24, 2.45) is 0 Å². The number of carbonyl (C=O) groups is 1. The molecule has 0 saturated carbocycles. The van der Waals surface area contributed by atoms with Crippen LogP contribution in [0.15, 0.2) is 35.3 Å². The monoisotopic (exact) mass is 282 g/mol. The predicted octanol–water partition coefficient (Wildman–Crippen LogP) is 2.47. The van der Waals surface area contributed by atoms with Gasteiger partial charge in [0, 0.05) is 16.7 Å². The molecule has 2 N–H and O–H groups in total. The van der Waals surface area contributed by atoms with Crippen molar-refractivity contribution in [3.63, 3.8) is 0 Å². The van der Waals surface area contributed by atoms with E-state index in [9.17, 15) is 4.79 Å². The fourth-order valence-corrected chi connectivity index (χ4v) is 1.72. The van der Waals surface area contributed by atoms with Gasteiger partial charge in [-0.1, -0.05) is 22.0 Å². The summed E-state index contributed by atoms with van der Waals surface area (Å²) in [4.78, 5) is 11.3. The molecule has 0 fully saturated rings. The molecular formula is C12H15BrN2O. The summed E-state index contributed by atoms with van der Waals surface area (Å²) in [6.45, 7) is 6.30. The molecule has 16 heavy (non-hydrogen) atoms. The number of rotatable bonds is 5. The molecule has 0 heterocycles. The molecule has 1 aromatic carbocycles. The van der Waals surface area contributed by atoms with Gasteiger partial charge >= 0.3 is 0 Å². The van der Waals surface area contributed by atoms with E-state index in [4.69, 9.17) is 0 Å². The summed E-state index contributed by atoms with van der Waals surface area (Å²) < 4.78 is 1.03. The van der Waals surface area contributed by atoms with E-state index in [1.807, 2.05) is 25.1 Å². The van der Waals surface area contributed by atoms with E-state index in [0.717, 1.165) is 15.7 Å². The van der Waals surface area contributed by atoms with Crippen LogP contribution in [0.3, 0.4) is 0 Å². The van der Waals surface area contributed by atoms with E-state index in [0.29, 0.717) is 6.54 Å². The summed E-state index contributed by atoms with van der Waals surface area (Å²) in [5.74, 6) is -0.0396. The molecule has 0 aromatic heterocycles. The lowest BCUT2D eigenvalue weighted by molar-refractivity contribution is -0.119. The number of aryl methyl sites for hydroxylation is 1. The smallest absolute Gasteiger partial charge is 0.239 e. The molecule has 0 bridgehead atoms. The number of hydrogen-bond donors (Lipinski definition) is 2. The molecule has 0 saturated heterocycles. The van der Waals surface area contributed by atoms with E-state index in [-0.39, 0.29) is 12.5 Å². The second kappa shape index (κ2) is 6.33. The van der Waals surface area contributed by atoms with Gasteiger partial charge in [0.2, 0.25) is 5.91 Å². The van der Waals surface area contributed by atoms with Gasteiger partial charge in [0.15, 0.2) is 0 Å². The Morgan fingerprint density at radius 3 is 2.94 bits per heavy atom. The van der Waals surface area contributed by atoms with Crippen molar-refractivity contribution in [3.05, 3.63) is 40.9 Å². The van der Waals surface area contributed by atoms with E-state index >= 15 is 0 Å². The SMILES string of the molecule is C=CCNC(=O)CNc1ccc(Br)cc1C. The highest BCUT2D eigenvalue weighted by atomic mass is 79.9. The maximum absolute atomic E-state index is 11.3. The first-order chi connectivity index (χ1) is 7.63. The van der Waals surface area contributed by atoms with Gasteiger partial charge in [0.1, 0.15) is 0 Å². The summed E-state index contributed by atoms with van der Waals surface area (Å²) >= 11 is 3.39. The third-order valence-electron chi connectivity index (χ3n) is 2.07. The van der Waals surface area contributed by atoms with Crippen LogP contribution in [0.25, 0.3) is 0 Å². The van der Waals surface area contributed by atoms with Crippen LogP contribution in [0.4, 0.5) is 5.69 Å². The Labute approximate surface area is 104 Å². The van der Waals surface area contributed by atoms with Crippen LogP contribution in [0.1, 0.15) is 5.56 Å². The fourth-order valence-electron chi connectivity index (χ4n) is 1.25. The van der Waals surface area contributed by atoms with Crippen LogP contribution in [-0.2, 0) is 4.79 Å².